The topological polar surface area (TPSA) is 37.8 Å². The van der Waals surface area contributed by atoms with Crippen LogP contribution in [-0.4, -0.2) is 22.3 Å². The molecule has 1 heterocycles. The van der Waals surface area contributed by atoms with E-state index in [9.17, 15) is 0 Å². The van der Waals surface area contributed by atoms with E-state index in [1.165, 1.54) is 11.8 Å². The quantitative estimate of drug-likeness (QED) is 0.490. The predicted molar refractivity (Wildman–Crippen MR) is 66.8 cm³/mol. The fourth-order valence-corrected chi connectivity index (χ4v) is 1.88. The minimum absolute atomic E-state index is 0.450. The van der Waals surface area contributed by atoms with Gasteiger partial charge in [-0.2, -0.15) is 0 Å². The molecular formula is C10H16ClN3S. The first-order valence-corrected chi connectivity index (χ1v) is 6.65. The second kappa shape index (κ2) is 6.18. The van der Waals surface area contributed by atoms with E-state index in [1.807, 2.05) is 6.26 Å². The first kappa shape index (κ1) is 12.6. The maximum atomic E-state index is 5.89. The molecule has 84 valence electrons. The first-order valence-electron chi connectivity index (χ1n) is 5.04. The fraction of sp³-hybridized carbons (Fsp3) is 0.600. The summed E-state index contributed by atoms with van der Waals surface area (Å²) in [5.74, 6) is 0.813. The van der Waals surface area contributed by atoms with Gasteiger partial charge < -0.3 is 5.32 Å². The number of aromatic nitrogens is 2. The van der Waals surface area contributed by atoms with Crippen LogP contribution in [0.2, 0.25) is 5.15 Å². The molecule has 0 aliphatic rings. The third-order valence-electron chi connectivity index (χ3n) is 2.19. The minimum Gasteiger partial charge on any atom is -0.367 e. The van der Waals surface area contributed by atoms with Crippen molar-refractivity contribution >= 4 is 29.2 Å². The molecule has 0 atom stereocenters. The van der Waals surface area contributed by atoms with Crippen LogP contribution in [0.3, 0.4) is 0 Å². The molecule has 0 aliphatic carbocycles. The van der Waals surface area contributed by atoms with Crippen molar-refractivity contribution in [2.24, 2.45) is 0 Å². The average molecular weight is 246 g/mol. The lowest BCUT2D eigenvalue weighted by Gasteiger charge is -2.15. The van der Waals surface area contributed by atoms with E-state index in [2.05, 4.69) is 29.1 Å². The van der Waals surface area contributed by atoms with Crippen molar-refractivity contribution in [3.8, 4) is 0 Å². The van der Waals surface area contributed by atoms with E-state index in [0.717, 1.165) is 18.7 Å². The summed E-state index contributed by atoms with van der Waals surface area (Å²) in [6.45, 7) is 4.30. The number of rotatable bonds is 5. The van der Waals surface area contributed by atoms with Crippen LogP contribution in [0.4, 0.5) is 5.82 Å². The van der Waals surface area contributed by atoms with E-state index in [0.29, 0.717) is 16.4 Å². The van der Waals surface area contributed by atoms with Crippen molar-refractivity contribution in [2.45, 2.75) is 37.9 Å². The second-order valence-corrected chi connectivity index (χ2v) is 4.38. The van der Waals surface area contributed by atoms with Crippen LogP contribution in [-0.2, 0) is 0 Å². The summed E-state index contributed by atoms with van der Waals surface area (Å²) in [7, 11) is 0. The Morgan fingerprint density at radius 3 is 2.60 bits per heavy atom. The van der Waals surface area contributed by atoms with Gasteiger partial charge in [0, 0.05) is 12.1 Å². The zero-order chi connectivity index (χ0) is 11.3. The third-order valence-corrected chi connectivity index (χ3v) is 2.94. The molecule has 5 heteroatoms. The SMILES string of the molecule is CCC(CC)Nc1cc(Cl)nc(SC)n1. The van der Waals surface area contributed by atoms with Gasteiger partial charge >= 0.3 is 0 Å². The zero-order valence-electron chi connectivity index (χ0n) is 9.25. The van der Waals surface area contributed by atoms with Crippen molar-refractivity contribution in [3.63, 3.8) is 0 Å². The number of nitrogens with zero attached hydrogens (tertiary/aromatic N) is 2. The summed E-state index contributed by atoms with van der Waals surface area (Å²) in [5, 5.41) is 4.54. The van der Waals surface area contributed by atoms with Crippen LogP contribution in [0.1, 0.15) is 26.7 Å². The van der Waals surface area contributed by atoms with Crippen LogP contribution in [0.15, 0.2) is 11.2 Å². The summed E-state index contributed by atoms with van der Waals surface area (Å²) >= 11 is 7.39. The third kappa shape index (κ3) is 3.87. The van der Waals surface area contributed by atoms with Crippen LogP contribution in [0.25, 0.3) is 0 Å². The van der Waals surface area contributed by atoms with Crippen LogP contribution in [0, 0.1) is 0 Å². The molecule has 0 saturated heterocycles. The summed E-state index contributed by atoms with van der Waals surface area (Å²) < 4.78 is 0. The first-order chi connectivity index (χ1) is 7.19. The Hall–Kier alpha value is -0.480. The van der Waals surface area contributed by atoms with E-state index >= 15 is 0 Å². The van der Waals surface area contributed by atoms with Crippen molar-refractivity contribution in [1.82, 2.24) is 9.97 Å². The lowest BCUT2D eigenvalue weighted by molar-refractivity contribution is 0.666. The van der Waals surface area contributed by atoms with Gasteiger partial charge in [-0.15, -0.1) is 0 Å². The number of hydrogen-bond donors (Lipinski definition) is 1. The molecule has 0 spiro atoms. The smallest absolute Gasteiger partial charge is 0.190 e. The molecule has 0 aromatic carbocycles. The van der Waals surface area contributed by atoms with Gasteiger partial charge in [-0.3, -0.25) is 0 Å². The number of anilines is 1. The van der Waals surface area contributed by atoms with Gasteiger partial charge in [0.15, 0.2) is 5.16 Å². The maximum absolute atomic E-state index is 5.89. The predicted octanol–water partition coefficient (Wildman–Crippen LogP) is 3.45. The van der Waals surface area contributed by atoms with Crippen molar-refractivity contribution in [2.75, 3.05) is 11.6 Å². The van der Waals surface area contributed by atoms with Crippen LogP contribution in [0.5, 0.6) is 0 Å². The second-order valence-electron chi connectivity index (χ2n) is 3.22. The van der Waals surface area contributed by atoms with Crippen molar-refractivity contribution < 1.29 is 0 Å². The number of thioether (sulfide) groups is 1. The van der Waals surface area contributed by atoms with Crippen molar-refractivity contribution in [3.05, 3.63) is 11.2 Å². The van der Waals surface area contributed by atoms with E-state index in [4.69, 9.17) is 11.6 Å². The fourth-order valence-electron chi connectivity index (χ4n) is 1.26. The number of nitrogens with one attached hydrogen (secondary N) is 1. The van der Waals surface area contributed by atoms with Gasteiger partial charge in [-0.05, 0) is 19.1 Å². The highest BCUT2D eigenvalue weighted by molar-refractivity contribution is 7.98. The molecule has 1 aromatic rings. The van der Waals surface area contributed by atoms with Crippen LogP contribution >= 0.6 is 23.4 Å². The zero-order valence-corrected chi connectivity index (χ0v) is 10.8. The summed E-state index contributed by atoms with van der Waals surface area (Å²) in [5.41, 5.74) is 0. The highest BCUT2D eigenvalue weighted by Crippen LogP contribution is 2.18. The Kier molecular flexibility index (Phi) is 5.19. The minimum atomic E-state index is 0.450. The molecule has 0 unspecified atom stereocenters. The lowest BCUT2D eigenvalue weighted by Crippen LogP contribution is -2.18. The highest BCUT2D eigenvalue weighted by Gasteiger charge is 2.06. The number of hydrogen-bond acceptors (Lipinski definition) is 4. The molecule has 15 heavy (non-hydrogen) atoms. The van der Waals surface area contributed by atoms with Gasteiger partial charge in [0.1, 0.15) is 11.0 Å². The monoisotopic (exact) mass is 245 g/mol. The van der Waals surface area contributed by atoms with E-state index in [-0.39, 0.29) is 0 Å². The van der Waals surface area contributed by atoms with Gasteiger partial charge in [0.2, 0.25) is 0 Å². The molecule has 0 radical (unpaired) electrons. The summed E-state index contributed by atoms with van der Waals surface area (Å²) in [4.78, 5) is 8.43. The van der Waals surface area contributed by atoms with Gasteiger partial charge in [0.05, 0.1) is 0 Å². The Morgan fingerprint density at radius 2 is 2.07 bits per heavy atom. The normalized spacial score (nSPS) is 10.7. The van der Waals surface area contributed by atoms with Crippen LogP contribution < -0.4 is 5.32 Å². The molecule has 1 rings (SSSR count). The molecule has 0 aliphatic heterocycles. The van der Waals surface area contributed by atoms with Gasteiger partial charge in [-0.25, -0.2) is 9.97 Å². The Balaban J connectivity index is 2.79. The molecule has 1 N–H and O–H groups in total. The standard InChI is InChI=1S/C10H16ClN3S/c1-4-7(5-2)12-9-6-8(11)13-10(14-9)15-3/h6-7H,4-5H2,1-3H3,(H,12,13,14). The maximum Gasteiger partial charge on any atom is 0.190 e. The molecule has 0 fully saturated rings. The molecule has 0 bridgehead atoms. The number of halogens is 1. The molecule has 0 saturated carbocycles. The van der Waals surface area contributed by atoms with Gasteiger partial charge in [-0.1, -0.05) is 37.2 Å². The largest absolute Gasteiger partial charge is 0.367 e. The van der Waals surface area contributed by atoms with Crippen molar-refractivity contribution in [1.29, 1.82) is 0 Å². The van der Waals surface area contributed by atoms with Gasteiger partial charge in [0.25, 0.3) is 0 Å². The summed E-state index contributed by atoms with van der Waals surface area (Å²) in [6, 6.07) is 2.21. The Morgan fingerprint density at radius 1 is 1.40 bits per heavy atom. The molecule has 3 nitrogen and oxygen atoms in total. The Labute approximate surface area is 100 Å². The summed E-state index contributed by atoms with van der Waals surface area (Å²) in [6.07, 6.45) is 4.09. The highest BCUT2D eigenvalue weighted by atomic mass is 35.5. The Bertz CT molecular complexity index is 316. The van der Waals surface area contributed by atoms with E-state index < -0.39 is 0 Å². The molecule has 0 amide bonds. The molecule has 1 aromatic heterocycles. The molecular weight excluding hydrogens is 230 g/mol. The lowest BCUT2D eigenvalue weighted by atomic mass is 10.2. The van der Waals surface area contributed by atoms with E-state index in [1.54, 1.807) is 6.07 Å². The average Bonchev–Trinajstić information content (AvgIpc) is 2.25.